The lowest BCUT2D eigenvalue weighted by Crippen LogP contribution is -2.05. The zero-order chi connectivity index (χ0) is 13.3. The molecule has 3 heteroatoms. The Morgan fingerprint density at radius 2 is 1.94 bits per heavy atom. The number of aromatic nitrogens is 1. The summed E-state index contributed by atoms with van der Waals surface area (Å²) in [5.74, 6) is 0.833. The highest BCUT2D eigenvalue weighted by atomic mass is 16.5. The molecule has 1 aromatic heterocycles. The predicted molar refractivity (Wildman–Crippen MR) is 72.1 cm³/mol. The molecule has 0 amide bonds. The third kappa shape index (κ3) is 4.19. The van der Waals surface area contributed by atoms with Crippen molar-refractivity contribution < 1.29 is 9.84 Å². The molecule has 3 nitrogen and oxygen atoms in total. The van der Waals surface area contributed by atoms with Gasteiger partial charge in [-0.05, 0) is 19.1 Å². The third-order valence-electron chi connectivity index (χ3n) is 2.01. The van der Waals surface area contributed by atoms with Gasteiger partial charge in [0.15, 0.2) is 0 Å². The lowest BCUT2D eigenvalue weighted by Gasteiger charge is -2.14. The second-order valence-electron chi connectivity index (χ2n) is 2.99. The van der Waals surface area contributed by atoms with E-state index in [4.69, 9.17) is 9.84 Å². The third-order valence-corrected chi connectivity index (χ3v) is 2.01. The highest BCUT2D eigenvalue weighted by molar-refractivity contribution is 5.60. The van der Waals surface area contributed by atoms with Crippen molar-refractivity contribution >= 4 is 6.08 Å². The Hall–Kier alpha value is -1.35. The molecule has 0 unspecified atom stereocenters. The summed E-state index contributed by atoms with van der Waals surface area (Å²) in [4.78, 5) is 4.20. The summed E-state index contributed by atoms with van der Waals surface area (Å²) in [6.45, 7) is 10.5. The first kappa shape index (κ1) is 15.7. The first-order valence-electron chi connectivity index (χ1n) is 6.22. The Balaban J connectivity index is 0.000000581. The molecule has 0 atom stereocenters. The van der Waals surface area contributed by atoms with Gasteiger partial charge in [0.05, 0.1) is 18.0 Å². The topological polar surface area (TPSA) is 42.4 Å². The van der Waals surface area contributed by atoms with E-state index in [1.807, 2.05) is 52.8 Å². The number of nitrogens with zero attached hydrogens (tertiary/aromatic N) is 1. The second-order valence-corrected chi connectivity index (χ2v) is 2.99. The molecular weight excluding hydrogens is 214 g/mol. The molecule has 1 N–H and O–H groups in total. The molecule has 0 saturated carbocycles. The van der Waals surface area contributed by atoms with E-state index in [1.165, 1.54) is 0 Å². The summed E-state index contributed by atoms with van der Waals surface area (Å²) in [6, 6.07) is 1.85. The van der Waals surface area contributed by atoms with Gasteiger partial charge >= 0.3 is 0 Å². The maximum Gasteiger partial charge on any atom is 0.148 e. The van der Waals surface area contributed by atoms with Gasteiger partial charge in [-0.15, -0.1) is 0 Å². The van der Waals surface area contributed by atoms with Crippen LogP contribution in [0, 0.1) is 6.92 Å². The van der Waals surface area contributed by atoms with E-state index >= 15 is 0 Å². The minimum atomic E-state index is -0.0258. The molecule has 0 aliphatic carbocycles. The molecule has 0 spiro atoms. The van der Waals surface area contributed by atoms with Crippen LogP contribution in [0.2, 0.25) is 0 Å². The predicted octanol–water partition coefficient (Wildman–Crippen LogP) is 3.34. The standard InChI is InChI=1S/C10H11NO2.2C2H6/c1-7-10-8(3-2-4-13-10)5-9(6-12)11-7;2*1-2/h2-3,5,12H,4,6H2,1H3;2*1-2H3. The van der Waals surface area contributed by atoms with Gasteiger partial charge in [0.1, 0.15) is 12.4 Å². The summed E-state index contributed by atoms with van der Waals surface area (Å²) >= 11 is 0. The fourth-order valence-corrected chi connectivity index (χ4v) is 1.45. The van der Waals surface area contributed by atoms with Crippen molar-refractivity contribution in [2.75, 3.05) is 6.61 Å². The van der Waals surface area contributed by atoms with E-state index in [1.54, 1.807) is 0 Å². The van der Waals surface area contributed by atoms with Gasteiger partial charge in [-0.1, -0.05) is 33.8 Å². The average molecular weight is 237 g/mol. The smallest absolute Gasteiger partial charge is 0.148 e. The minimum absolute atomic E-state index is 0.0258. The molecule has 1 aliphatic rings. The van der Waals surface area contributed by atoms with E-state index in [0.717, 1.165) is 17.0 Å². The second kappa shape index (κ2) is 8.76. The largest absolute Gasteiger partial charge is 0.487 e. The van der Waals surface area contributed by atoms with Crippen LogP contribution in [0.5, 0.6) is 5.75 Å². The number of ether oxygens (including phenoxy) is 1. The van der Waals surface area contributed by atoms with E-state index < -0.39 is 0 Å². The van der Waals surface area contributed by atoms with E-state index in [9.17, 15) is 0 Å². The molecule has 0 bridgehead atoms. The molecule has 17 heavy (non-hydrogen) atoms. The van der Waals surface area contributed by atoms with Gasteiger partial charge in [0, 0.05) is 5.56 Å². The van der Waals surface area contributed by atoms with E-state index in [2.05, 4.69) is 4.98 Å². The minimum Gasteiger partial charge on any atom is -0.487 e. The highest BCUT2D eigenvalue weighted by Gasteiger charge is 2.10. The number of hydrogen-bond donors (Lipinski definition) is 1. The maximum absolute atomic E-state index is 8.94. The number of hydrogen-bond acceptors (Lipinski definition) is 3. The molecule has 96 valence electrons. The van der Waals surface area contributed by atoms with Gasteiger partial charge in [0.2, 0.25) is 0 Å². The summed E-state index contributed by atoms with van der Waals surface area (Å²) < 4.78 is 5.42. The summed E-state index contributed by atoms with van der Waals surface area (Å²) in [5, 5.41) is 8.94. The molecule has 0 radical (unpaired) electrons. The van der Waals surface area contributed by atoms with Gasteiger partial charge in [-0.3, -0.25) is 4.98 Å². The molecule has 2 rings (SSSR count). The number of rotatable bonds is 1. The zero-order valence-corrected chi connectivity index (χ0v) is 11.4. The van der Waals surface area contributed by atoms with Gasteiger partial charge in [0.25, 0.3) is 0 Å². The van der Waals surface area contributed by atoms with Crippen molar-refractivity contribution in [3.05, 3.63) is 29.1 Å². The molecular formula is C14H23NO2. The number of fused-ring (bicyclic) bond motifs is 1. The summed E-state index contributed by atoms with van der Waals surface area (Å²) in [6.07, 6.45) is 3.94. The summed E-state index contributed by atoms with van der Waals surface area (Å²) in [7, 11) is 0. The van der Waals surface area contributed by atoms with Crippen LogP contribution in [0.1, 0.15) is 44.6 Å². The molecule has 0 aromatic carbocycles. The molecule has 1 aliphatic heterocycles. The molecule has 0 saturated heterocycles. The molecule has 2 heterocycles. The average Bonchev–Trinajstić information content (AvgIpc) is 2.43. The number of aryl methyl sites for hydroxylation is 1. The van der Waals surface area contributed by atoms with Crippen molar-refractivity contribution in [3.8, 4) is 5.75 Å². The van der Waals surface area contributed by atoms with Crippen LogP contribution in [0.3, 0.4) is 0 Å². The van der Waals surface area contributed by atoms with Crippen molar-refractivity contribution in [1.29, 1.82) is 0 Å². The van der Waals surface area contributed by atoms with Gasteiger partial charge < -0.3 is 9.84 Å². The van der Waals surface area contributed by atoms with Crippen LogP contribution in [0.4, 0.5) is 0 Å². The van der Waals surface area contributed by atoms with Crippen LogP contribution in [-0.4, -0.2) is 16.7 Å². The molecule has 0 fully saturated rings. The first-order chi connectivity index (χ1) is 8.31. The van der Waals surface area contributed by atoms with Crippen molar-refractivity contribution in [2.45, 2.75) is 41.2 Å². The fourth-order valence-electron chi connectivity index (χ4n) is 1.45. The normalized spacial score (nSPS) is 11.2. The van der Waals surface area contributed by atoms with Crippen molar-refractivity contribution in [3.63, 3.8) is 0 Å². The van der Waals surface area contributed by atoms with Crippen LogP contribution in [-0.2, 0) is 6.61 Å². The van der Waals surface area contributed by atoms with Crippen LogP contribution < -0.4 is 4.74 Å². The van der Waals surface area contributed by atoms with Crippen LogP contribution in [0.15, 0.2) is 12.1 Å². The van der Waals surface area contributed by atoms with Gasteiger partial charge in [-0.25, -0.2) is 0 Å². The SMILES string of the molecule is CC.CC.Cc1nc(CO)cc2c1OCC=C2. The quantitative estimate of drug-likeness (QED) is 0.814. The number of aliphatic hydroxyl groups excluding tert-OH is 1. The maximum atomic E-state index is 8.94. The van der Waals surface area contributed by atoms with E-state index in [0.29, 0.717) is 12.3 Å². The first-order valence-corrected chi connectivity index (χ1v) is 6.22. The van der Waals surface area contributed by atoms with Crippen LogP contribution in [0.25, 0.3) is 6.08 Å². The number of aliphatic hydroxyl groups is 1. The fraction of sp³-hybridized carbons (Fsp3) is 0.500. The van der Waals surface area contributed by atoms with Crippen LogP contribution >= 0.6 is 0 Å². The summed E-state index contributed by atoms with van der Waals surface area (Å²) in [5.41, 5.74) is 2.53. The zero-order valence-electron chi connectivity index (χ0n) is 11.4. The van der Waals surface area contributed by atoms with Gasteiger partial charge in [-0.2, -0.15) is 0 Å². The Morgan fingerprint density at radius 1 is 1.29 bits per heavy atom. The van der Waals surface area contributed by atoms with Crippen molar-refractivity contribution in [1.82, 2.24) is 4.98 Å². The lowest BCUT2D eigenvalue weighted by molar-refractivity contribution is 0.275. The Labute approximate surface area is 104 Å². The van der Waals surface area contributed by atoms with E-state index in [-0.39, 0.29) is 6.61 Å². The Morgan fingerprint density at radius 3 is 2.53 bits per heavy atom. The van der Waals surface area contributed by atoms with Crippen molar-refractivity contribution in [2.24, 2.45) is 0 Å². The highest BCUT2D eigenvalue weighted by Crippen LogP contribution is 2.26. The molecule has 1 aromatic rings. The Bertz CT molecular complexity index is 359. The Kier molecular flexibility index (Phi) is 8.07. The monoisotopic (exact) mass is 237 g/mol. The lowest BCUT2D eigenvalue weighted by atomic mass is 10.1. The number of pyridine rings is 1.